The van der Waals surface area contributed by atoms with Gasteiger partial charge >= 0.3 is 5.97 Å². The van der Waals surface area contributed by atoms with Gasteiger partial charge in [0.05, 0.1) is 6.10 Å². The number of carbonyl (C=O) groups excluding carboxylic acids is 1. The molecule has 5 heteroatoms. The van der Waals surface area contributed by atoms with E-state index in [1.54, 1.807) is 0 Å². The van der Waals surface area contributed by atoms with Crippen molar-refractivity contribution in [3.8, 4) is 0 Å². The summed E-state index contributed by atoms with van der Waals surface area (Å²) in [6.45, 7) is 3.23. The van der Waals surface area contributed by atoms with Crippen LogP contribution in [0.25, 0.3) is 0 Å². The van der Waals surface area contributed by atoms with Crippen LogP contribution in [0.3, 0.4) is 0 Å². The van der Waals surface area contributed by atoms with Crippen molar-refractivity contribution in [3.05, 3.63) is 12.2 Å². The second kappa shape index (κ2) is 5.50. The summed E-state index contributed by atoms with van der Waals surface area (Å²) in [4.78, 5) is 21.2. The molecule has 0 aliphatic carbocycles. The van der Waals surface area contributed by atoms with E-state index in [0.717, 1.165) is 25.2 Å². The highest BCUT2D eigenvalue weighted by atomic mass is 16.5. The summed E-state index contributed by atoms with van der Waals surface area (Å²) < 4.78 is 5.33. The van der Waals surface area contributed by atoms with Gasteiger partial charge in [-0.2, -0.15) is 0 Å². The lowest BCUT2D eigenvalue weighted by Crippen LogP contribution is -2.30. The fraction of sp³-hybridized carbons (Fsp3) is 0.600. The van der Waals surface area contributed by atoms with Crippen molar-refractivity contribution in [2.75, 3.05) is 13.2 Å². The van der Waals surface area contributed by atoms with Crippen LogP contribution in [0.5, 0.6) is 0 Å². The number of hydrogen-bond acceptors (Lipinski definition) is 3. The van der Waals surface area contributed by atoms with Gasteiger partial charge in [0.25, 0.3) is 0 Å². The molecule has 1 fully saturated rings. The number of ether oxygens (including phenoxy) is 1. The monoisotopic (exact) mass is 213 g/mol. The van der Waals surface area contributed by atoms with E-state index in [1.165, 1.54) is 0 Å². The Morgan fingerprint density at radius 3 is 2.80 bits per heavy atom. The van der Waals surface area contributed by atoms with Crippen LogP contribution in [0.4, 0.5) is 0 Å². The molecule has 0 radical (unpaired) electrons. The fourth-order valence-corrected chi connectivity index (χ4v) is 1.48. The van der Waals surface area contributed by atoms with Gasteiger partial charge in [0.1, 0.15) is 0 Å². The van der Waals surface area contributed by atoms with Crippen molar-refractivity contribution < 1.29 is 19.4 Å². The average molecular weight is 213 g/mol. The quantitative estimate of drug-likeness (QED) is 0.653. The molecule has 2 N–H and O–H groups in total. The highest BCUT2D eigenvalue weighted by Gasteiger charge is 2.23. The zero-order valence-electron chi connectivity index (χ0n) is 8.60. The number of rotatable bonds is 4. The third-order valence-corrected chi connectivity index (χ3v) is 2.45. The molecule has 1 amide bonds. The molecule has 0 aromatic heterocycles. The molecular weight excluding hydrogens is 198 g/mol. The average Bonchev–Trinajstić information content (AvgIpc) is 2.58. The summed E-state index contributed by atoms with van der Waals surface area (Å²) in [6, 6.07) is 0. The number of nitrogens with one attached hydrogen (secondary N) is 1. The first-order valence-corrected chi connectivity index (χ1v) is 4.90. The molecule has 0 spiro atoms. The van der Waals surface area contributed by atoms with E-state index in [2.05, 4.69) is 5.32 Å². The van der Waals surface area contributed by atoms with Crippen molar-refractivity contribution >= 4 is 11.9 Å². The maximum absolute atomic E-state index is 11.1. The van der Waals surface area contributed by atoms with Gasteiger partial charge in [-0.15, -0.1) is 0 Å². The van der Waals surface area contributed by atoms with Crippen LogP contribution in [-0.4, -0.2) is 36.2 Å². The van der Waals surface area contributed by atoms with Crippen LogP contribution in [0, 0.1) is 5.92 Å². The molecule has 1 heterocycles. The van der Waals surface area contributed by atoms with E-state index in [4.69, 9.17) is 9.84 Å². The Hall–Kier alpha value is -1.36. The van der Waals surface area contributed by atoms with Crippen LogP contribution in [0.2, 0.25) is 0 Å². The molecule has 1 aliphatic heterocycles. The number of aliphatic carboxylic acids is 1. The van der Waals surface area contributed by atoms with Gasteiger partial charge in [0.15, 0.2) is 0 Å². The summed E-state index contributed by atoms with van der Waals surface area (Å²) in [5.41, 5.74) is 0. The maximum atomic E-state index is 11.1. The zero-order valence-corrected chi connectivity index (χ0v) is 8.60. The van der Waals surface area contributed by atoms with Crippen molar-refractivity contribution in [2.45, 2.75) is 19.4 Å². The molecule has 5 nitrogen and oxygen atoms in total. The summed E-state index contributed by atoms with van der Waals surface area (Å²) in [7, 11) is 0. The van der Waals surface area contributed by atoms with E-state index in [1.807, 2.05) is 6.92 Å². The normalized spacial score (nSPS) is 25.7. The second-order valence-corrected chi connectivity index (χ2v) is 3.54. The van der Waals surface area contributed by atoms with Gasteiger partial charge in [0.2, 0.25) is 5.91 Å². The molecule has 84 valence electrons. The highest BCUT2D eigenvalue weighted by molar-refractivity contribution is 5.93. The molecule has 1 rings (SSSR count). The second-order valence-electron chi connectivity index (χ2n) is 3.54. The molecule has 1 saturated heterocycles. The molecule has 15 heavy (non-hydrogen) atoms. The summed E-state index contributed by atoms with van der Waals surface area (Å²) in [5, 5.41) is 10.9. The minimum Gasteiger partial charge on any atom is -0.478 e. The number of carboxylic acid groups (broad SMARTS) is 1. The zero-order chi connectivity index (χ0) is 11.3. The van der Waals surface area contributed by atoms with Gasteiger partial charge in [-0.25, -0.2) is 4.79 Å². The predicted octanol–water partition coefficient (Wildman–Crippen LogP) is 0.168. The minimum absolute atomic E-state index is 0.161. The summed E-state index contributed by atoms with van der Waals surface area (Å²) in [5.74, 6) is -1.17. The topological polar surface area (TPSA) is 75.6 Å². The first-order chi connectivity index (χ1) is 7.09. The van der Waals surface area contributed by atoms with E-state index in [-0.39, 0.29) is 12.0 Å². The third kappa shape index (κ3) is 4.12. The van der Waals surface area contributed by atoms with Crippen LogP contribution in [0.15, 0.2) is 12.2 Å². The van der Waals surface area contributed by atoms with Gasteiger partial charge < -0.3 is 15.2 Å². The fourth-order valence-electron chi connectivity index (χ4n) is 1.48. The van der Waals surface area contributed by atoms with Crippen LogP contribution >= 0.6 is 0 Å². The Bertz CT molecular complexity index is 275. The Kier molecular flexibility index (Phi) is 4.30. The first kappa shape index (κ1) is 11.7. The molecule has 0 aromatic rings. The molecule has 2 atom stereocenters. The molecule has 1 aliphatic rings. The predicted molar refractivity (Wildman–Crippen MR) is 53.3 cm³/mol. The third-order valence-electron chi connectivity index (χ3n) is 2.45. The molecular formula is C10H15NO4. The number of amides is 1. The van der Waals surface area contributed by atoms with Gasteiger partial charge in [0, 0.05) is 31.2 Å². The SMILES string of the molecule is CC1OCCC1CNC(=O)/C=C/C(=O)O. The minimum atomic E-state index is -1.12. The molecule has 0 aromatic carbocycles. The van der Waals surface area contributed by atoms with E-state index < -0.39 is 5.97 Å². The first-order valence-electron chi connectivity index (χ1n) is 4.90. The smallest absolute Gasteiger partial charge is 0.328 e. The number of carboxylic acids is 1. The van der Waals surface area contributed by atoms with E-state index >= 15 is 0 Å². The van der Waals surface area contributed by atoms with Crippen molar-refractivity contribution in [3.63, 3.8) is 0 Å². The lowest BCUT2D eigenvalue weighted by atomic mass is 10.0. The number of carbonyl (C=O) groups is 2. The van der Waals surface area contributed by atoms with Crippen molar-refractivity contribution in [1.82, 2.24) is 5.32 Å². The Balaban J connectivity index is 2.24. The summed E-state index contributed by atoms with van der Waals surface area (Å²) in [6.07, 6.45) is 2.94. The van der Waals surface area contributed by atoms with Crippen molar-refractivity contribution in [1.29, 1.82) is 0 Å². The standard InChI is InChI=1S/C10H15NO4/c1-7-8(4-5-15-7)6-11-9(12)2-3-10(13)14/h2-3,7-8H,4-6H2,1H3,(H,11,12)(H,13,14)/b3-2+. The lowest BCUT2D eigenvalue weighted by molar-refractivity contribution is -0.131. The Morgan fingerprint density at radius 2 is 2.27 bits per heavy atom. The molecule has 0 bridgehead atoms. The number of hydrogen-bond donors (Lipinski definition) is 2. The maximum Gasteiger partial charge on any atom is 0.328 e. The van der Waals surface area contributed by atoms with E-state index in [9.17, 15) is 9.59 Å². The van der Waals surface area contributed by atoms with Crippen LogP contribution < -0.4 is 5.32 Å². The molecule has 2 unspecified atom stereocenters. The van der Waals surface area contributed by atoms with Gasteiger partial charge in [-0.05, 0) is 13.3 Å². The van der Waals surface area contributed by atoms with Crippen molar-refractivity contribution in [2.24, 2.45) is 5.92 Å². The van der Waals surface area contributed by atoms with Gasteiger partial charge in [-0.3, -0.25) is 4.79 Å². The largest absolute Gasteiger partial charge is 0.478 e. The van der Waals surface area contributed by atoms with Crippen LogP contribution in [-0.2, 0) is 14.3 Å². The molecule has 0 saturated carbocycles. The Labute approximate surface area is 88.1 Å². The van der Waals surface area contributed by atoms with E-state index in [0.29, 0.717) is 12.5 Å². The lowest BCUT2D eigenvalue weighted by Gasteiger charge is -2.13. The Morgan fingerprint density at radius 1 is 1.53 bits per heavy atom. The van der Waals surface area contributed by atoms with Crippen LogP contribution in [0.1, 0.15) is 13.3 Å². The van der Waals surface area contributed by atoms with Gasteiger partial charge in [-0.1, -0.05) is 0 Å². The summed E-state index contributed by atoms with van der Waals surface area (Å²) >= 11 is 0. The highest BCUT2D eigenvalue weighted by Crippen LogP contribution is 2.19.